The van der Waals surface area contributed by atoms with Gasteiger partial charge in [-0.05, 0) is 117 Å². The zero-order valence-corrected chi connectivity index (χ0v) is 46.8. The van der Waals surface area contributed by atoms with Crippen LogP contribution in [-0.2, 0) is 73.2 Å². The number of carboxylic acid groups (broad SMARTS) is 1. The summed E-state index contributed by atoms with van der Waals surface area (Å²) < 4.78 is 106. The van der Waals surface area contributed by atoms with Crippen molar-refractivity contribution in [1.29, 1.82) is 0 Å². The zero-order valence-electron chi connectivity index (χ0n) is 45.2. The van der Waals surface area contributed by atoms with Gasteiger partial charge in [0.2, 0.25) is 39.6 Å². The number of nitrogens with two attached hydrogens (primary N) is 2. The molecule has 80 heavy (non-hydrogen) atoms. The lowest BCUT2D eigenvalue weighted by atomic mass is 10.0. The molecule has 4 aromatic rings. The van der Waals surface area contributed by atoms with Gasteiger partial charge in [0.25, 0.3) is 10.0 Å². The first-order chi connectivity index (χ1) is 37.4. The highest BCUT2D eigenvalue weighted by Crippen LogP contribution is 2.32. The van der Waals surface area contributed by atoms with Crippen LogP contribution in [0.2, 0.25) is 0 Å². The molecule has 4 amide bonds. The molecule has 10 N–H and O–H groups in total. The van der Waals surface area contributed by atoms with Gasteiger partial charge >= 0.3 is 18.1 Å². The van der Waals surface area contributed by atoms with Crippen molar-refractivity contribution in [2.75, 3.05) is 33.9 Å². The van der Waals surface area contributed by atoms with Crippen molar-refractivity contribution in [2.24, 2.45) is 16.5 Å². The summed E-state index contributed by atoms with van der Waals surface area (Å²) in [6.45, 7) is 9.08. The number of hydrogen-bond donors (Lipinski definition) is 8. The van der Waals surface area contributed by atoms with Gasteiger partial charge in [-0.1, -0.05) is 54.6 Å². The van der Waals surface area contributed by atoms with Gasteiger partial charge < -0.3 is 51.6 Å². The Morgan fingerprint density at radius 2 is 1.35 bits per heavy atom. The zero-order chi connectivity index (χ0) is 59.9. The summed E-state index contributed by atoms with van der Waals surface area (Å²) in [5.41, 5.74) is 17.0. The maximum Gasteiger partial charge on any atom is 0.490 e. The molecule has 28 heteroatoms. The highest BCUT2D eigenvalue weighted by atomic mass is 32.2. The molecule has 1 heterocycles. The van der Waals surface area contributed by atoms with E-state index in [2.05, 4.69) is 30.4 Å². The summed E-state index contributed by atoms with van der Waals surface area (Å²) in [6, 6.07) is 15.1. The van der Waals surface area contributed by atoms with Gasteiger partial charge in [0, 0.05) is 26.2 Å². The number of nitrogens with zero attached hydrogens (tertiary/aromatic N) is 2. The van der Waals surface area contributed by atoms with Gasteiger partial charge in [0.15, 0.2) is 0 Å². The molecule has 0 radical (unpaired) electrons. The number of amides is 4. The number of carbonyl (C=O) groups excluding carboxylic acids is 5. The predicted octanol–water partition coefficient (Wildman–Crippen LogP) is 2.63. The van der Waals surface area contributed by atoms with Crippen LogP contribution < -0.4 is 46.3 Å². The number of hydrogen-bond acceptors (Lipinski definition) is 15. The lowest BCUT2D eigenvalue weighted by Gasteiger charge is -2.38. The van der Waals surface area contributed by atoms with Gasteiger partial charge in [-0.2, -0.15) is 13.2 Å². The monoisotopic (exact) mass is 1160 g/mol. The molecule has 0 aliphatic carbocycles. The van der Waals surface area contributed by atoms with Crippen LogP contribution in [0.5, 0.6) is 11.5 Å². The number of halogens is 3. The average Bonchev–Trinajstić information content (AvgIpc) is 3.55. The van der Waals surface area contributed by atoms with Crippen molar-refractivity contribution in [3.05, 3.63) is 117 Å². The molecule has 436 valence electrons. The summed E-state index contributed by atoms with van der Waals surface area (Å²) in [6.07, 6.45) is -5.69. The third kappa shape index (κ3) is 17.6. The number of ether oxygens (including phenoxy) is 3. The van der Waals surface area contributed by atoms with E-state index in [1.807, 2.05) is 0 Å². The highest BCUT2D eigenvalue weighted by Gasteiger charge is 2.42. The number of nitrogens with one attached hydrogen (secondary N) is 5. The topological polar surface area (TPSA) is 346 Å². The van der Waals surface area contributed by atoms with Crippen LogP contribution in [0.15, 0.2) is 81.5 Å². The van der Waals surface area contributed by atoms with E-state index in [0.717, 1.165) is 5.56 Å². The molecule has 4 aromatic carbocycles. The van der Waals surface area contributed by atoms with Crippen molar-refractivity contribution < 1.29 is 78.1 Å². The molecule has 0 bridgehead atoms. The van der Waals surface area contributed by atoms with E-state index < -0.39 is 98.8 Å². The Morgan fingerprint density at radius 3 is 1.88 bits per heavy atom. The Labute approximate surface area is 461 Å². The first-order valence-corrected chi connectivity index (χ1v) is 27.5. The van der Waals surface area contributed by atoms with Gasteiger partial charge in [-0.25, -0.2) is 31.1 Å². The van der Waals surface area contributed by atoms with Gasteiger partial charge in [0.05, 0.1) is 30.4 Å². The average molecular weight is 1160 g/mol. The van der Waals surface area contributed by atoms with Crippen LogP contribution >= 0.6 is 0 Å². The van der Waals surface area contributed by atoms with E-state index in [1.165, 1.54) is 19.1 Å². The Kier molecular flexibility index (Phi) is 22.9. The number of benzene rings is 4. The largest absolute Gasteiger partial charge is 0.496 e. The van der Waals surface area contributed by atoms with Crippen LogP contribution in [0.25, 0.3) is 0 Å². The van der Waals surface area contributed by atoms with Crippen molar-refractivity contribution in [3.63, 3.8) is 0 Å². The molecule has 23 nitrogen and oxygen atoms in total. The highest BCUT2D eigenvalue weighted by molar-refractivity contribution is 7.90. The molecule has 0 unspecified atom stereocenters. The van der Waals surface area contributed by atoms with E-state index >= 15 is 0 Å². The first-order valence-electron chi connectivity index (χ1n) is 24.5. The first kappa shape index (κ1) is 64.7. The fraction of sp³-hybridized carbons (Fsp3) is 0.404. The molecule has 3 atom stereocenters. The molecule has 1 saturated heterocycles. The Hall–Kier alpha value is -7.82. The quantitative estimate of drug-likeness (QED) is 0.0229. The lowest BCUT2D eigenvalue weighted by Crippen LogP contribution is -2.65. The molecule has 0 spiro atoms. The number of sulfonamides is 2. The normalized spacial score (nSPS) is 15.2. The van der Waals surface area contributed by atoms with Crippen LogP contribution in [0, 0.1) is 41.5 Å². The smallest absolute Gasteiger partial charge is 0.490 e. The Balaban J connectivity index is 0.00000184. The SMILES string of the molecule is COc1cc(C)c(S(=O)(=O)NCc2ccc(CN3C(=O)[C@H](CN)NC(=O)[C@H]3CC(=O)N[C@@H](CCCN=C(N)NS(=O)(=O)c3c(C)cc(OC)c(C)c3C)C(=O)NCC(=O)OCc3ccccc3)cc2)c(C)c1C.O=C(O)C(F)(F)F. The molecule has 1 aliphatic rings. The molecule has 5 rings (SSSR count). The van der Waals surface area contributed by atoms with Crippen molar-refractivity contribution in [3.8, 4) is 11.5 Å². The van der Waals surface area contributed by atoms with Crippen molar-refractivity contribution in [1.82, 2.24) is 30.3 Å². The third-order valence-electron chi connectivity index (χ3n) is 12.7. The minimum Gasteiger partial charge on any atom is -0.496 e. The maximum atomic E-state index is 13.8. The van der Waals surface area contributed by atoms with E-state index in [4.69, 9.17) is 35.6 Å². The van der Waals surface area contributed by atoms with Gasteiger partial charge in [-0.15, -0.1) is 0 Å². The fourth-order valence-corrected chi connectivity index (χ4v) is 11.4. The number of piperazine rings is 1. The number of rotatable bonds is 23. The molecule has 1 aliphatic heterocycles. The second-order valence-corrected chi connectivity index (χ2v) is 21.7. The number of aliphatic carboxylic acids is 1. The van der Waals surface area contributed by atoms with Crippen molar-refractivity contribution >= 4 is 61.6 Å². The minimum absolute atomic E-state index is 0.0128. The number of methoxy groups -OCH3 is 2. The summed E-state index contributed by atoms with van der Waals surface area (Å²) in [5.74, 6) is -5.63. The lowest BCUT2D eigenvalue weighted by molar-refractivity contribution is -0.192. The Bertz CT molecular complexity index is 3180. The molecular formula is C52H66F3N9O14S2. The number of carbonyl (C=O) groups is 6. The molecule has 0 saturated carbocycles. The van der Waals surface area contributed by atoms with Crippen LogP contribution in [0.1, 0.15) is 69.3 Å². The predicted molar refractivity (Wildman–Crippen MR) is 286 cm³/mol. The number of esters is 1. The van der Waals surface area contributed by atoms with E-state index in [-0.39, 0.29) is 55.4 Å². The number of aryl methyl sites for hydroxylation is 2. The van der Waals surface area contributed by atoms with Crippen LogP contribution in [0.3, 0.4) is 0 Å². The van der Waals surface area contributed by atoms with Gasteiger partial charge in [-0.3, -0.25) is 29.0 Å². The standard InChI is InChI=1S/C50H65N9O12S2.C2HF3O2/c1-29-21-41(69-7)31(3)33(5)45(29)72(65,66)55-25-35-16-18-36(19-17-35)27-59-40(48(63)57-39(24-51)49(59)64)23-43(60)56-38(47(62)54-26-44(61)71-28-37-13-10-9-11-14-37)15-12-20-53-50(52)58-73(67,68)46-30(2)22-42(70-8)32(4)34(46)6;3-2(4,5)1(6)7/h9-11,13-14,16-19,21-22,38-40,55H,12,15,20,23-28,51H2,1-8H3,(H,54,62)(H,56,60)(H,57,63)(H3,52,53,58);(H,6,7)/t38-,39-,40+;/m0./s1. The fourth-order valence-electron chi connectivity index (χ4n) is 8.36. The summed E-state index contributed by atoms with van der Waals surface area (Å²) in [7, 11) is -5.12. The summed E-state index contributed by atoms with van der Waals surface area (Å²) >= 11 is 0. The van der Waals surface area contributed by atoms with Crippen molar-refractivity contribution in [2.45, 2.75) is 115 Å². The van der Waals surface area contributed by atoms with E-state index in [9.17, 15) is 54.0 Å². The number of guanidine groups is 1. The second kappa shape index (κ2) is 28.4. The Morgan fingerprint density at radius 1 is 0.812 bits per heavy atom. The second-order valence-electron chi connectivity index (χ2n) is 18.4. The number of aliphatic imine (C=N–C) groups is 1. The van der Waals surface area contributed by atoms with Crippen LogP contribution in [0.4, 0.5) is 13.2 Å². The van der Waals surface area contributed by atoms with E-state index in [1.54, 1.807) is 108 Å². The van der Waals surface area contributed by atoms with Crippen LogP contribution in [-0.4, -0.2) is 127 Å². The van der Waals surface area contributed by atoms with E-state index in [0.29, 0.717) is 56.0 Å². The molecule has 1 fully saturated rings. The molecular weight excluding hydrogens is 1100 g/mol. The number of alkyl halides is 3. The maximum absolute atomic E-state index is 13.8. The minimum atomic E-state index is -5.08. The summed E-state index contributed by atoms with van der Waals surface area (Å²) in [4.78, 5) is 81.9. The van der Waals surface area contributed by atoms with Gasteiger partial charge in [0.1, 0.15) is 42.8 Å². The summed E-state index contributed by atoms with van der Waals surface area (Å²) in [5, 5.41) is 14.8. The molecule has 0 aromatic heterocycles. The third-order valence-corrected chi connectivity index (χ3v) is 16.0. The number of carboxylic acids is 1.